The van der Waals surface area contributed by atoms with Gasteiger partial charge in [-0.3, -0.25) is 0 Å². The molecule has 0 radical (unpaired) electrons. The van der Waals surface area contributed by atoms with E-state index in [1.165, 1.54) is 19.3 Å². The van der Waals surface area contributed by atoms with E-state index in [2.05, 4.69) is 11.9 Å². The van der Waals surface area contributed by atoms with E-state index < -0.39 is 0 Å². The Kier molecular flexibility index (Phi) is 5.66. The summed E-state index contributed by atoms with van der Waals surface area (Å²) in [4.78, 5) is 3.04. The Hall–Kier alpha value is -0.190. The Morgan fingerprint density at radius 1 is 1.38 bits per heavy atom. The molecule has 1 rings (SSSR count). The molecule has 0 aliphatic heterocycles. The minimum atomic E-state index is 0.315. The van der Waals surface area contributed by atoms with Gasteiger partial charge in [0, 0.05) is 19.6 Å². The van der Waals surface area contributed by atoms with E-state index in [4.69, 9.17) is 23.1 Å². The van der Waals surface area contributed by atoms with E-state index in [9.17, 15) is 0 Å². The summed E-state index contributed by atoms with van der Waals surface area (Å²) in [7, 11) is 2.17. The van der Waals surface area contributed by atoms with Gasteiger partial charge in [-0.15, -0.1) is 0 Å². The Morgan fingerprint density at radius 2 is 2.06 bits per heavy atom. The second-order valence-electron chi connectivity index (χ2n) is 5.17. The molecule has 1 aliphatic carbocycles. The van der Waals surface area contributed by atoms with E-state index in [1.54, 1.807) is 0 Å². The zero-order valence-electron chi connectivity index (χ0n) is 10.2. The molecule has 0 atom stereocenters. The van der Waals surface area contributed by atoms with Gasteiger partial charge < -0.3 is 15.7 Å². The number of nitrogens with two attached hydrogens (primary N) is 1. The number of aliphatic hydroxyl groups excluding tert-OH is 1. The molecule has 0 unspecified atom stereocenters. The molecule has 0 amide bonds. The van der Waals surface area contributed by atoms with Crippen LogP contribution in [-0.4, -0.2) is 41.7 Å². The number of aliphatic hydroxyl groups is 1. The van der Waals surface area contributed by atoms with Crippen LogP contribution < -0.4 is 5.73 Å². The van der Waals surface area contributed by atoms with Crippen molar-refractivity contribution in [3.63, 3.8) is 0 Å². The molecular formula is C12H24N2OS. The lowest BCUT2D eigenvalue weighted by atomic mass is 10.0. The predicted octanol–water partition coefficient (Wildman–Crippen LogP) is 1.54. The van der Waals surface area contributed by atoms with Crippen molar-refractivity contribution in [2.45, 2.75) is 38.5 Å². The van der Waals surface area contributed by atoms with Crippen molar-refractivity contribution in [1.29, 1.82) is 0 Å². The van der Waals surface area contributed by atoms with Crippen LogP contribution in [0, 0.1) is 5.41 Å². The summed E-state index contributed by atoms with van der Waals surface area (Å²) in [5, 5.41) is 8.69. The van der Waals surface area contributed by atoms with Gasteiger partial charge in [0.2, 0.25) is 0 Å². The Bertz CT molecular complexity index is 229. The fraction of sp³-hybridized carbons (Fsp3) is 0.917. The van der Waals surface area contributed by atoms with Crippen LogP contribution in [0.5, 0.6) is 0 Å². The molecule has 0 aromatic rings. The van der Waals surface area contributed by atoms with Gasteiger partial charge in [0.1, 0.15) is 0 Å². The number of rotatable bonds is 9. The molecule has 1 saturated carbocycles. The van der Waals surface area contributed by atoms with E-state index in [0.717, 1.165) is 32.4 Å². The van der Waals surface area contributed by atoms with Crippen LogP contribution in [0.2, 0.25) is 0 Å². The lowest BCUT2D eigenvalue weighted by Gasteiger charge is -2.23. The Morgan fingerprint density at radius 3 is 2.56 bits per heavy atom. The van der Waals surface area contributed by atoms with Crippen molar-refractivity contribution in [2.24, 2.45) is 11.1 Å². The van der Waals surface area contributed by atoms with Crippen molar-refractivity contribution >= 4 is 17.2 Å². The molecule has 4 heteroatoms. The van der Waals surface area contributed by atoms with Gasteiger partial charge in [-0.1, -0.05) is 12.2 Å². The molecule has 16 heavy (non-hydrogen) atoms. The highest BCUT2D eigenvalue weighted by atomic mass is 32.1. The average Bonchev–Trinajstić information content (AvgIpc) is 2.91. The normalized spacial score (nSPS) is 17.7. The van der Waals surface area contributed by atoms with Crippen molar-refractivity contribution < 1.29 is 5.11 Å². The summed E-state index contributed by atoms with van der Waals surface area (Å²) in [5.41, 5.74) is 6.02. The summed E-state index contributed by atoms with van der Waals surface area (Å²) in [6, 6.07) is 0. The van der Waals surface area contributed by atoms with Crippen LogP contribution in [0.4, 0.5) is 0 Å². The summed E-state index contributed by atoms with van der Waals surface area (Å²) in [6.45, 7) is 2.54. The van der Waals surface area contributed by atoms with E-state index >= 15 is 0 Å². The van der Waals surface area contributed by atoms with Gasteiger partial charge >= 0.3 is 0 Å². The van der Waals surface area contributed by atoms with Gasteiger partial charge in [0.05, 0.1) is 4.99 Å². The number of thiocarbonyl (C=S) groups is 1. The first kappa shape index (κ1) is 13.9. The molecule has 1 aliphatic rings. The van der Waals surface area contributed by atoms with Crippen molar-refractivity contribution in [1.82, 2.24) is 4.90 Å². The zero-order valence-corrected chi connectivity index (χ0v) is 11.1. The number of unbranched alkanes of at least 4 members (excludes halogenated alkanes) is 2. The molecule has 0 aromatic heterocycles. The average molecular weight is 244 g/mol. The van der Waals surface area contributed by atoms with Crippen molar-refractivity contribution in [2.75, 3.05) is 26.7 Å². The molecule has 3 nitrogen and oxygen atoms in total. The summed E-state index contributed by atoms with van der Waals surface area (Å²) in [5.74, 6) is 0. The molecule has 94 valence electrons. The molecular weight excluding hydrogens is 220 g/mol. The van der Waals surface area contributed by atoms with Crippen LogP contribution in [-0.2, 0) is 0 Å². The second-order valence-corrected chi connectivity index (χ2v) is 5.69. The van der Waals surface area contributed by atoms with Crippen LogP contribution in [0.25, 0.3) is 0 Å². The topological polar surface area (TPSA) is 49.5 Å². The molecule has 0 spiro atoms. The van der Waals surface area contributed by atoms with Gasteiger partial charge in [-0.05, 0) is 51.1 Å². The minimum absolute atomic E-state index is 0.315. The van der Waals surface area contributed by atoms with Gasteiger partial charge in [-0.25, -0.2) is 0 Å². The van der Waals surface area contributed by atoms with Crippen molar-refractivity contribution in [3.8, 4) is 0 Å². The highest BCUT2D eigenvalue weighted by Crippen LogP contribution is 2.49. The smallest absolute Gasteiger partial charge is 0.0733 e. The third-order valence-electron chi connectivity index (χ3n) is 3.31. The van der Waals surface area contributed by atoms with Crippen LogP contribution in [0.15, 0.2) is 0 Å². The molecule has 0 aromatic carbocycles. The highest BCUT2D eigenvalue weighted by molar-refractivity contribution is 7.80. The molecule has 0 bridgehead atoms. The molecule has 0 heterocycles. The number of hydrogen-bond acceptors (Lipinski definition) is 3. The third kappa shape index (κ3) is 5.23. The minimum Gasteiger partial charge on any atom is -0.396 e. The fourth-order valence-electron chi connectivity index (χ4n) is 2.26. The molecule has 1 fully saturated rings. The van der Waals surface area contributed by atoms with Gasteiger partial charge in [-0.2, -0.15) is 0 Å². The maximum absolute atomic E-state index is 8.69. The monoisotopic (exact) mass is 244 g/mol. The quantitative estimate of drug-likeness (QED) is 0.477. The van der Waals surface area contributed by atoms with Gasteiger partial charge in [0.25, 0.3) is 0 Å². The maximum atomic E-state index is 8.69. The molecule has 0 saturated heterocycles. The maximum Gasteiger partial charge on any atom is 0.0733 e. The van der Waals surface area contributed by atoms with Crippen LogP contribution in [0.3, 0.4) is 0 Å². The molecule has 3 N–H and O–H groups in total. The SMILES string of the molecule is CN(CCCCCO)CC1(CC(N)=S)CC1. The fourth-order valence-corrected chi connectivity index (χ4v) is 2.57. The second kappa shape index (κ2) is 6.52. The summed E-state index contributed by atoms with van der Waals surface area (Å²) >= 11 is 4.99. The number of hydrogen-bond donors (Lipinski definition) is 2. The lowest BCUT2D eigenvalue weighted by molar-refractivity contribution is 0.249. The Balaban J connectivity index is 2.13. The first-order chi connectivity index (χ1) is 7.58. The van der Waals surface area contributed by atoms with Crippen LogP contribution in [0.1, 0.15) is 38.5 Å². The van der Waals surface area contributed by atoms with Crippen LogP contribution >= 0.6 is 12.2 Å². The zero-order chi connectivity index (χ0) is 12.0. The third-order valence-corrected chi connectivity index (χ3v) is 3.45. The van der Waals surface area contributed by atoms with E-state index in [0.29, 0.717) is 17.0 Å². The van der Waals surface area contributed by atoms with E-state index in [-0.39, 0.29) is 0 Å². The van der Waals surface area contributed by atoms with Crippen molar-refractivity contribution in [3.05, 3.63) is 0 Å². The highest BCUT2D eigenvalue weighted by Gasteiger charge is 2.43. The first-order valence-electron chi connectivity index (χ1n) is 6.16. The predicted molar refractivity (Wildman–Crippen MR) is 71.5 cm³/mol. The number of nitrogens with zero attached hydrogens (tertiary/aromatic N) is 1. The summed E-state index contributed by atoms with van der Waals surface area (Å²) in [6.07, 6.45) is 6.65. The van der Waals surface area contributed by atoms with E-state index in [1.807, 2.05) is 0 Å². The van der Waals surface area contributed by atoms with Gasteiger partial charge in [0.15, 0.2) is 0 Å². The lowest BCUT2D eigenvalue weighted by Crippen LogP contribution is -2.30. The summed E-state index contributed by atoms with van der Waals surface area (Å²) < 4.78 is 0. The first-order valence-corrected chi connectivity index (χ1v) is 6.56. The standard InChI is InChI=1S/C12H24N2OS/c1-14(7-3-2-4-8-15)10-12(5-6-12)9-11(13)16/h15H,2-10H2,1H3,(H2,13,16). The Labute approximate surface area is 104 Å². The largest absolute Gasteiger partial charge is 0.396 e.